The van der Waals surface area contributed by atoms with Crippen molar-refractivity contribution in [3.8, 4) is 0 Å². The number of nitrogens with zero attached hydrogens (tertiary/aromatic N) is 1. The Morgan fingerprint density at radius 1 is 1.21 bits per heavy atom. The largest absolute Gasteiger partial charge is 0.302 e. The molecule has 0 saturated carbocycles. The van der Waals surface area contributed by atoms with Crippen LogP contribution in [0, 0.1) is 13.8 Å². The maximum absolute atomic E-state index is 3.52. The molecule has 0 aliphatic rings. The van der Waals surface area contributed by atoms with Gasteiger partial charge < -0.3 is 4.90 Å². The van der Waals surface area contributed by atoms with Crippen LogP contribution in [0.5, 0.6) is 0 Å². The Bertz CT molecular complexity index is 297. The highest BCUT2D eigenvalue weighted by Crippen LogP contribution is 2.21. The third kappa shape index (κ3) is 2.82. The lowest BCUT2D eigenvalue weighted by molar-refractivity contribution is 0.344. The summed E-state index contributed by atoms with van der Waals surface area (Å²) in [5.74, 6) is 0. The summed E-state index contributed by atoms with van der Waals surface area (Å²) >= 11 is 3.52. The fourth-order valence-corrected chi connectivity index (χ4v) is 2.26. The summed E-state index contributed by atoms with van der Waals surface area (Å²) in [6, 6.07) is 4.37. The average Bonchev–Trinajstić information content (AvgIpc) is 2.10. The summed E-state index contributed by atoms with van der Waals surface area (Å²) in [5.41, 5.74) is 4.20. The van der Waals surface area contributed by atoms with E-state index in [-0.39, 0.29) is 0 Å². The third-order valence-corrected chi connectivity index (χ3v) is 3.09. The van der Waals surface area contributed by atoms with Crippen LogP contribution in [0.2, 0.25) is 0 Å². The van der Waals surface area contributed by atoms with Gasteiger partial charge in [-0.05, 0) is 56.3 Å². The molecule has 0 spiro atoms. The first-order valence-electron chi connectivity index (χ1n) is 4.98. The van der Waals surface area contributed by atoms with Gasteiger partial charge in [-0.3, -0.25) is 0 Å². The number of rotatable bonds is 3. The quantitative estimate of drug-likeness (QED) is 0.799. The van der Waals surface area contributed by atoms with Gasteiger partial charge in [0.15, 0.2) is 0 Å². The fourth-order valence-electron chi connectivity index (χ4n) is 1.57. The topological polar surface area (TPSA) is 3.24 Å². The van der Waals surface area contributed by atoms with Crippen molar-refractivity contribution < 1.29 is 0 Å². The van der Waals surface area contributed by atoms with Crippen molar-refractivity contribution in [2.75, 3.05) is 13.6 Å². The molecule has 1 aromatic rings. The first-order chi connectivity index (χ1) is 6.54. The van der Waals surface area contributed by atoms with E-state index in [0.717, 1.165) is 13.1 Å². The minimum Gasteiger partial charge on any atom is -0.302 e. The third-order valence-electron chi connectivity index (χ3n) is 2.63. The zero-order chi connectivity index (χ0) is 10.7. The lowest BCUT2D eigenvalue weighted by Gasteiger charge is -2.18. The van der Waals surface area contributed by atoms with Gasteiger partial charge in [0.05, 0.1) is 0 Å². The van der Waals surface area contributed by atoms with E-state index in [1.807, 2.05) is 0 Å². The van der Waals surface area contributed by atoms with E-state index >= 15 is 0 Å². The zero-order valence-corrected chi connectivity index (χ0v) is 11.0. The SMILES string of the molecule is CCN(C)Cc1c(C)cc(Br)cc1C. The van der Waals surface area contributed by atoms with E-state index in [4.69, 9.17) is 0 Å². The van der Waals surface area contributed by atoms with E-state index in [0.29, 0.717) is 0 Å². The Kier molecular flexibility index (Phi) is 4.14. The molecule has 0 saturated heterocycles. The summed E-state index contributed by atoms with van der Waals surface area (Å²) < 4.78 is 1.18. The fraction of sp³-hybridized carbons (Fsp3) is 0.500. The molecule has 0 bridgehead atoms. The van der Waals surface area contributed by atoms with Gasteiger partial charge in [0.25, 0.3) is 0 Å². The minimum atomic E-state index is 1.04. The van der Waals surface area contributed by atoms with Crippen LogP contribution in [-0.4, -0.2) is 18.5 Å². The number of hydrogen-bond donors (Lipinski definition) is 0. The zero-order valence-electron chi connectivity index (χ0n) is 9.39. The molecule has 1 aromatic carbocycles. The summed E-state index contributed by atoms with van der Waals surface area (Å²) in [4.78, 5) is 2.32. The van der Waals surface area contributed by atoms with Crippen molar-refractivity contribution in [1.29, 1.82) is 0 Å². The molecule has 2 heteroatoms. The first kappa shape index (κ1) is 11.7. The predicted octanol–water partition coefficient (Wildman–Crippen LogP) is 3.52. The second-order valence-electron chi connectivity index (χ2n) is 3.85. The monoisotopic (exact) mass is 255 g/mol. The Labute approximate surface area is 95.2 Å². The number of hydrogen-bond acceptors (Lipinski definition) is 1. The van der Waals surface area contributed by atoms with Crippen LogP contribution < -0.4 is 0 Å². The van der Waals surface area contributed by atoms with Crippen LogP contribution in [0.25, 0.3) is 0 Å². The molecule has 78 valence electrons. The average molecular weight is 256 g/mol. The molecule has 0 unspecified atom stereocenters. The highest BCUT2D eigenvalue weighted by Gasteiger charge is 2.05. The summed E-state index contributed by atoms with van der Waals surface area (Å²) in [5, 5.41) is 0. The molecular weight excluding hydrogens is 238 g/mol. The summed E-state index contributed by atoms with van der Waals surface area (Å²) in [6.07, 6.45) is 0. The molecule has 0 atom stereocenters. The van der Waals surface area contributed by atoms with E-state index in [1.54, 1.807) is 0 Å². The Morgan fingerprint density at radius 2 is 1.71 bits per heavy atom. The van der Waals surface area contributed by atoms with Gasteiger partial charge in [-0.25, -0.2) is 0 Å². The van der Waals surface area contributed by atoms with Crippen LogP contribution in [0.3, 0.4) is 0 Å². The van der Waals surface area contributed by atoms with Crippen LogP contribution in [0.15, 0.2) is 16.6 Å². The van der Waals surface area contributed by atoms with Crippen molar-refractivity contribution in [1.82, 2.24) is 4.90 Å². The smallest absolute Gasteiger partial charge is 0.0235 e. The van der Waals surface area contributed by atoms with E-state index in [2.05, 4.69) is 60.8 Å². The standard InChI is InChI=1S/C12H18BrN/c1-5-14(4)8-12-9(2)6-11(13)7-10(12)3/h6-7H,5,8H2,1-4H3. The molecule has 0 amide bonds. The van der Waals surface area contributed by atoms with E-state index < -0.39 is 0 Å². The normalized spacial score (nSPS) is 11.0. The molecule has 1 rings (SSSR count). The molecule has 0 aromatic heterocycles. The number of halogens is 1. The van der Waals surface area contributed by atoms with Crippen LogP contribution in [0.4, 0.5) is 0 Å². The second-order valence-corrected chi connectivity index (χ2v) is 4.76. The molecule has 0 fully saturated rings. The van der Waals surface area contributed by atoms with Crippen molar-refractivity contribution >= 4 is 15.9 Å². The molecule has 0 N–H and O–H groups in total. The second kappa shape index (κ2) is 4.94. The number of benzene rings is 1. The van der Waals surface area contributed by atoms with E-state index in [9.17, 15) is 0 Å². The van der Waals surface area contributed by atoms with Crippen LogP contribution in [-0.2, 0) is 6.54 Å². The lowest BCUT2D eigenvalue weighted by Crippen LogP contribution is -2.18. The van der Waals surface area contributed by atoms with Gasteiger partial charge >= 0.3 is 0 Å². The van der Waals surface area contributed by atoms with Gasteiger partial charge in [0, 0.05) is 11.0 Å². The van der Waals surface area contributed by atoms with Crippen molar-refractivity contribution in [3.05, 3.63) is 33.3 Å². The summed E-state index contributed by atoms with van der Waals surface area (Å²) in [6.45, 7) is 8.67. The van der Waals surface area contributed by atoms with Crippen molar-refractivity contribution in [3.63, 3.8) is 0 Å². The Balaban J connectivity index is 2.96. The molecular formula is C12H18BrN. The molecule has 0 aliphatic heterocycles. The Morgan fingerprint density at radius 3 is 2.14 bits per heavy atom. The molecule has 14 heavy (non-hydrogen) atoms. The van der Waals surface area contributed by atoms with Gasteiger partial charge in [-0.2, -0.15) is 0 Å². The van der Waals surface area contributed by atoms with Crippen LogP contribution >= 0.6 is 15.9 Å². The first-order valence-corrected chi connectivity index (χ1v) is 5.78. The van der Waals surface area contributed by atoms with Crippen LogP contribution in [0.1, 0.15) is 23.6 Å². The van der Waals surface area contributed by atoms with E-state index in [1.165, 1.54) is 21.2 Å². The summed E-state index contributed by atoms with van der Waals surface area (Å²) in [7, 11) is 2.15. The van der Waals surface area contributed by atoms with Gasteiger partial charge in [-0.15, -0.1) is 0 Å². The van der Waals surface area contributed by atoms with Crippen molar-refractivity contribution in [2.24, 2.45) is 0 Å². The molecule has 0 radical (unpaired) electrons. The molecule has 1 nitrogen and oxygen atoms in total. The minimum absolute atomic E-state index is 1.04. The van der Waals surface area contributed by atoms with Crippen molar-refractivity contribution in [2.45, 2.75) is 27.3 Å². The highest BCUT2D eigenvalue weighted by molar-refractivity contribution is 9.10. The maximum Gasteiger partial charge on any atom is 0.0235 e. The molecule has 0 aliphatic carbocycles. The van der Waals surface area contributed by atoms with Gasteiger partial charge in [0.2, 0.25) is 0 Å². The number of aryl methyl sites for hydroxylation is 2. The maximum atomic E-state index is 3.52. The Hall–Kier alpha value is -0.340. The predicted molar refractivity (Wildman–Crippen MR) is 65.6 cm³/mol. The van der Waals surface area contributed by atoms with Gasteiger partial charge in [-0.1, -0.05) is 22.9 Å². The van der Waals surface area contributed by atoms with Gasteiger partial charge in [0.1, 0.15) is 0 Å². The lowest BCUT2D eigenvalue weighted by atomic mass is 10.0. The molecule has 0 heterocycles. The highest BCUT2D eigenvalue weighted by atomic mass is 79.9.